The Kier molecular flexibility index (Phi) is 6.66. The van der Waals surface area contributed by atoms with Crippen molar-refractivity contribution in [2.24, 2.45) is 0 Å². The number of hydrogen-bond donors (Lipinski definition) is 3. The van der Waals surface area contributed by atoms with E-state index >= 15 is 0 Å². The number of anilines is 1. The Labute approximate surface area is 172 Å². The first-order valence-electron chi connectivity index (χ1n) is 9.14. The maximum atomic E-state index is 13.3. The van der Waals surface area contributed by atoms with Crippen molar-refractivity contribution in [1.82, 2.24) is 24.6 Å². The van der Waals surface area contributed by atoms with Crippen LogP contribution in [0.1, 0.15) is 13.8 Å². The fourth-order valence-corrected chi connectivity index (χ4v) is 4.47. The van der Waals surface area contributed by atoms with E-state index in [-0.39, 0.29) is 12.2 Å². The molecule has 30 heavy (non-hydrogen) atoms. The summed E-state index contributed by atoms with van der Waals surface area (Å²) < 4.78 is 26.4. The maximum Gasteiger partial charge on any atom is 0.342 e. The van der Waals surface area contributed by atoms with Crippen molar-refractivity contribution < 1.29 is 23.7 Å². The molecular formula is C18H23N6O5P. The Hall–Kier alpha value is -3.01. The maximum absolute atomic E-state index is 13.3. The number of carboxylic acids is 1. The molecule has 4 N–H and O–H groups in total. The standard InChI is InChI=1S/C18H23N6O5P/c1-12(8-24-10-22-15-16(19)20-9-21-17(15)24)28-11-30(27,23-13(2)18(25)26)29-14-6-4-3-5-7-14/h3-7,9-10,12-13H,8,11H2,1-2H3,(H,23,27)(H,25,26)(H2,19,20,21)/t12-,13+,30+/m1/s1. The van der Waals surface area contributed by atoms with E-state index in [0.29, 0.717) is 23.5 Å². The molecule has 0 amide bonds. The first kappa shape index (κ1) is 21.7. The minimum Gasteiger partial charge on any atom is -0.480 e. The number of nitrogens with zero attached hydrogens (tertiary/aromatic N) is 4. The van der Waals surface area contributed by atoms with Gasteiger partial charge in [0.05, 0.1) is 19.0 Å². The van der Waals surface area contributed by atoms with Crippen LogP contribution in [0.4, 0.5) is 5.82 Å². The molecule has 0 aliphatic rings. The number of hydrogen-bond acceptors (Lipinski definition) is 8. The summed E-state index contributed by atoms with van der Waals surface area (Å²) in [6, 6.07) is 7.41. The van der Waals surface area contributed by atoms with Gasteiger partial charge in [-0.25, -0.2) is 20.0 Å². The topological polar surface area (TPSA) is 154 Å². The number of imidazole rings is 1. The largest absolute Gasteiger partial charge is 0.480 e. The van der Waals surface area contributed by atoms with E-state index in [1.807, 2.05) is 0 Å². The molecule has 160 valence electrons. The van der Waals surface area contributed by atoms with Crippen molar-refractivity contribution in [2.45, 2.75) is 32.5 Å². The molecule has 11 nitrogen and oxygen atoms in total. The molecule has 0 unspecified atom stereocenters. The van der Waals surface area contributed by atoms with Crippen LogP contribution in [0.25, 0.3) is 11.2 Å². The van der Waals surface area contributed by atoms with Crippen LogP contribution in [0.5, 0.6) is 5.75 Å². The number of aliphatic carboxylic acids is 1. The second-order valence-electron chi connectivity index (χ2n) is 6.70. The van der Waals surface area contributed by atoms with Crippen molar-refractivity contribution in [3.05, 3.63) is 43.0 Å². The van der Waals surface area contributed by atoms with Gasteiger partial charge in [-0.15, -0.1) is 0 Å². The summed E-state index contributed by atoms with van der Waals surface area (Å²) in [5, 5.41) is 11.7. The number of aromatic nitrogens is 4. The van der Waals surface area contributed by atoms with E-state index in [2.05, 4.69) is 20.0 Å². The average Bonchev–Trinajstić information content (AvgIpc) is 3.11. The minimum absolute atomic E-state index is 0.278. The Morgan fingerprint density at radius 2 is 2.00 bits per heavy atom. The zero-order valence-electron chi connectivity index (χ0n) is 16.5. The van der Waals surface area contributed by atoms with Gasteiger partial charge in [-0.2, -0.15) is 0 Å². The van der Waals surface area contributed by atoms with E-state index in [4.69, 9.17) is 15.0 Å². The molecule has 0 aliphatic heterocycles. The highest BCUT2D eigenvalue weighted by Gasteiger charge is 2.31. The third-order valence-corrected chi connectivity index (χ3v) is 5.94. The van der Waals surface area contributed by atoms with E-state index in [1.54, 1.807) is 48.1 Å². The molecule has 12 heteroatoms. The van der Waals surface area contributed by atoms with Crippen LogP contribution >= 0.6 is 7.52 Å². The average molecular weight is 434 g/mol. The lowest BCUT2D eigenvalue weighted by Crippen LogP contribution is -2.34. The summed E-state index contributed by atoms with van der Waals surface area (Å²) in [4.78, 5) is 23.5. The second kappa shape index (κ2) is 9.21. The number of rotatable bonds is 10. The second-order valence-corrected chi connectivity index (χ2v) is 8.75. The molecule has 3 atom stereocenters. The third kappa shape index (κ3) is 5.32. The van der Waals surface area contributed by atoms with Crippen LogP contribution in [-0.4, -0.2) is 49.1 Å². The lowest BCUT2D eigenvalue weighted by atomic mass is 10.3. The van der Waals surface area contributed by atoms with Gasteiger partial charge in [-0.3, -0.25) is 9.36 Å². The summed E-state index contributed by atoms with van der Waals surface area (Å²) in [6.07, 6.45) is 2.18. The van der Waals surface area contributed by atoms with Crippen LogP contribution in [0, 0.1) is 0 Å². The number of benzene rings is 1. The quantitative estimate of drug-likeness (QED) is 0.404. The Balaban J connectivity index is 1.69. The molecule has 3 aromatic rings. The summed E-state index contributed by atoms with van der Waals surface area (Å²) in [5.74, 6) is -0.531. The molecule has 0 saturated carbocycles. The number of nitrogens with one attached hydrogen (secondary N) is 1. The predicted octanol–water partition coefficient (Wildman–Crippen LogP) is 2.11. The minimum atomic E-state index is -3.67. The Morgan fingerprint density at radius 1 is 1.27 bits per heavy atom. The van der Waals surface area contributed by atoms with Gasteiger partial charge in [0, 0.05) is 0 Å². The van der Waals surface area contributed by atoms with Gasteiger partial charge < -0.3 is 24.7 Å². The highest BCUT2D eigenvalue weighted by Crippen LogP contribution is 2.43. The lowest BCUT2D eigenvalue weighted by Gasteiger charge is -2.24. The monoisotopic (exact) mass is 434 g/mol. The van der Waals surface area contributed by atoms with Gasteiger partial charge in [-0.1, -0.05) is 18.2 Å². The molecule has 3 rings (SSSR count). The van der Waals surface area contributed by atoms with E-state index in [1.165, 1.54) is 13.3 Å². The van der Waals surface area contributed by atoms with E-state index in [0.717, 1.165) is 0 Å². The lowest BCUT2D eigenvalue weighted by molar-refractivity contribution is -0.138. The fraction of sp³-hybridized carbons (Fsp3) is 0.333. The number of carboxylic acid groups (broad SMARTS) is 1. The van der Waals surface area contributed by atoms with Crippen LogP contribution in [0.15, 0.2) is 43.0 Å². The Bertz CT molecular complexity index is 1060. The normalized spacial score (nSPS) is 15.4. The number of nitrogens with two attached hydrogens (primary N) is 1. The number of carbonyl (C=O) groups is 1. The summed E-state index contributed by atoms with van der Waals surface area (Å²) in [5.41, 5.74) is 6.83. The van der Waals surface area contributed by atoms with Gasteiger partial charge in [0.1, 0.15) is 30.0 Å². The highest BCUT2D eigenvalue weighted by molar-refractivity contribution is 7.57. The first-order chi connectivity index (χ1) is 14.3. The molecule has 0 radical (unpaired) electrons. The molecule has 0 saturated heterocycles. The first-order valence-corrected chi connectivity index (χ1v) is 11.0. The molecule has 2 heterocycles. The summed E-state index contributed by atoms with van der Waals surface area (Å²) >= 11 is 0. The molecule has 0 bridgehead atoms. The number of fused-ring (bicyclic) bond motifs is 1. The van der Waals surface area contributed by atoms with Gasteiger partial charge in [0.2, 0.25) is 0 Å². The van der Waals surface area contributed by atoms with Crippen LogP contribution in [0.2, 0.25) is 0 Å². The molecule has 0 spiro atoms. The van der Waals surface area contributed by atoms with E-state index in [9.17, 15) is 14.5 Å². The number of ether oxygens (including phenoxy) is 1. The van der Waals surface area contributed by atoms with E-state index < -0.39 is 25.6 Å². The van der Waals surface area contributed by atoms with Gasteiger partial charge in [0.15, 0.2) is 11.5 Å². The van der Waals surface area contributed by atoms with Crippen LogP contribution in [0.3, 0.4) is 0 Å². The molecule has 0 aliphatic carbocycles. The van der Waals surface area contributed by atoms with Crippen molar-refractivity contribution in [2.75, 3.05) is 12.1 Å². The van der Waals surface area contributed by atoms with Crippen LogP contribution in [-0.2, 0) is 20.6 Å². The molecule has 1 aromatic carbocycles. The van der Waals surface area contributed by atoms with Crippen molar-refractivity contribution in [3.8, 4) is 5.75 Å². The smallest absolute Gasteiger partial charge is 0.342 e. The molecule has 2 aromatic heterocycles. The van der Waals surface area contributed by atoms with Crippen molar-refractivity contribution in [1.29, 1.82) is 0 Å². The third-order valence-electron chi connectivity index (χ3n) is 4.17. The number of nitrogen functional groups attached to an aromatic ring is 1. The zero-order valence-corrected chi connectivity index (χ0v) is 17.4. The SMILES string of the molecule is C[C@H](Cn1cnc2c(N)ncnc21)OC[P@@](=O)(N[C@@H](C)C(=O)O)Oc1ccccc1. The van der Waals surface area contributed by atoms with Gasteiger partial charge in [0.25, 0.3) is 0 Å². The van der Waals surface area contributed by atoms with Crippen molar-refractivity contribution in [3.63, 3.8) is 0 Å². The zero-order chi connectivity index (χ0) is 21.7. The molecular weight excluding hydrogens is 411 g/mol. The highest BCUT2D eigenvalue weighted by atomic mass is 31.2. The fourth-order valence-electron chi connectivity index (χ4n) is 2.68. The van der Waals surface area contributed by atoms with Gasteiger partial charge in [-0.05, 0) is 26.0 Å². The summed E-state index contributed by atoms with van der Waals surface area (Å²) in [6.45, 7) is 3.52. The summed E-state index contributed by atoms with van der Waals surface area (Å²) in [7, 11) is -3.67. The van der Waals surface area contributed by atoms with Gasteiger partial charge >= 0.3 is 13.5 Å². The molecule has 0 fully saturated rings. The predicted molar refractivity (Wildman–Crippen MR) is 110 cm³/mol. The number of para-hydroxylation sites is 1. The van der Waals surface area contributed by atoms with Crippen molar-refractivity contribution >= 4 is 30.5 Å². The Morgan fingerprint density at radius 3 is 2.70 bits per heavy atom. The van der Waals surface area contributed by atoms with Crippen LogP contribution < -0.4 is 15.3 Å².